The Morgan fingerprint density at radius 3 is 2.67 bits per heavy atom. The molecule has 0 bridgehead atoms. The van der Waals surface area contributed by atoms with Crippen molar-refractivity contribution in [3.63, 3.8) is 0 Å². The summed E-state index contributed by atoms with van der Waals surface area (Å²) in [6.07, 6.45) is 3.63. The lowest BCUT2D eigenvalue weighted by Gasteiger charge is -2.21. The van der Waals surface area contributed by atoms with Crippen LogP contribution in [-0.4, -0.2) is 31.2 Å². The van der Waals surface area contributed by atoms with Crippen molar-refractivity contribution in [1.82, 2.24) is 5.32 Å². The molecule has 4 nitrogen and oxygen atoms in total. The van der Waals surface area contributed by atoms with Crippen LogP contribution in [0.3, 0.4) is 0 Å². The van der Waals surface area contributed by atoms with Gasteiger partial charge in [-0.1, -0.05) is 13.8 Å². The average molecular weight is 256 g/mol. The van der Waals surface area contributed by atoms with E-state index in [1.807, 2.05) is 6.92 Å². The summed E-state index contributed by atoms with van der Waals surface area (Å²) in [4.78, 5) is 11.9. The molecule has 3 unspecified atom stereocenters. The number of hydrogen-bond donors (Lipinski definition) is 2. The fourth-order valence-corrected chi connectivity index (χ4v) is 2.54. The van der Waals surface area contributed by atoms with Crippen molar-refractivity contribution in [2.24, 2.45) is 17.6 Å². The molecule has 0 aromatic heterocycles. The van der Waals surface area contributed by atoms with Gasteiger partial charge in [0.2, 0.25) is 5.91 Å². The zero-order valence-corrected chi connectivity index (χ0v) is 11.9. The topological polar surface area (TPSA) is 64.4 Å². The number of carbonyl (C=O) groups excluding carboxylic acids is 1. The molecule has 0 aromatic carbocycles. The number of amides is 1. The summed E-state index contributed by atoms with van der Waals surface area (Å²) in [7, 11) is 0. The molecule has 3 atom stereocenters. The third-order valence-electron chi connectivity index (χ3n) is 3.95. The van der Waals surface area contributed by atoms with Crippen LogP contribution in [0.1, 0.15) is 46.5 Å². The number of nitrogens with one attached hydrogen (secondary N) is 1. The largest absolute Gasteiger partial charge is 0.376 e. The van der Waals surface area contributed by atoms with E-state index in [4.69, 9.17) is 10.5 Å². The highest BCUT2D eigenvalue weighted by Crippen LogP contribution is 2.20. The first-order chi connectivity index (χ1) is 8.54. The molecule has 0 spiro atoms. The Hall–Kier alpha value is -0.610. The molecule has 0 radical (unpaired) electrons. The van der Waals surface area contributed by atoms with Crippen LogP contribution in [0.2, 0.25) is 0 Å². The molecule has 1 amide bonds. The van der Waals surface area contributed by atoms with Crippen LogP contribution in [0.25, 0.3) is 0 Å². The molecular weight excluding hydrogens is 228 g/mol. The Morgan fingerprint density at radius 2 is 2.17 bits per heavy atom. The number of carbonyl (C=O) groups is 1. The highest BCUT2D eigenvalue weighted by Gasteiger charge is 2.25. The fourth-order valence-electron chi connectivity index (χ4n) is 2.54. The van der Waals surface area contributed by atoms with Crippen LogP contribution in [0.4, 0.5) is 0 Å². The molecule has 1 aliphatic heterocycles. The molecule has 1 heterocycles. The van der Waals surface area contributed by atoms with Gasteiger partial charge in [-0.15, -0.1) is 0 Å². The average Bonchev–Trinajstić information content (AvgIpc) is 2.70. The van der Waals surface area contributed by atoms with E-state index in [2.05, 4.69) is 19.2 Å². The molecule has 1 saturated heterocycles. The standard InChI is InChI=1S/C14H28N2O2/c1-10(2)12(6-8-15)4-5-14(17)16-13-7-9-18-11(13)3/h10-13H,4-9,15H2,1-3H3,(H,16,17). The van der Waals surface area contributed by atoms with E-state index in [0.29, 0.717) is 24.8 Å². The smallest absolute Gasteiger partial charge is 0.220 e. The quantitative estimate of drug-likeness (QED) is 0.728. The van der Waals surface area contributed by atoms with E-state index in [9.17, 15) is 4.79 Å². The summed E-state index contributed by atoms with van der Waals surface area (Å²) in [6, 6.07) is 0.199. The second-order valence-corrected chi connectivity index (χ2v) is 5.66. The summed E-state index contributed by atoms with van der Waals surface area (Å²) in [6.45, 7) is 7.88. The molecule has 4 heteroatoms. The maximum absolute atomic E-state index is 11.9. The zero-order chi connectivity index (χ0) is 13.5. The van der Waals surface area contributed by atoms with Gasteiger partial charge < -0.3 is 15.8 Å². The van der Waals surface area contributed by atoms with E-state index in [-0.39, 0.29) is 18.1 Å². The predicted molar refractivity (Wildman–Crippen MR) is 73.2 cm³/mol. The first kappa shape index (κ1) is 15.4. The molecule has 0 aliphatic carbocycles. The van der Waals surface area contributed by atoms with E-state index in [0.717, 1.165) is 25.9 Å². The molecule has 1 rings (SSSR count). The molecule has 1 fully saturated rings. The molecule has 106 valence electrons. The molecule has 18 heavy (non-hydrogen) atoms. The maximum Gasteiger partial charge on any atom is 0.220 e. The summed E-state index contributed by atoms with van der Waals surface area (Å²) < 4.78 is 5.44. The monoisotopic (exact) mass is 256 g/mol. The Morgan fingerprint density at radius 1 is 1.44 bits per heavy atom. The first-order valence-corrected chi connectivity index (χ1v) is 7.15. The Labute approximate surface area is 111 Å². The van der Waals surface area contributed by atoms with Crippen LogP contribution >= 0.6 is 0 Å². The molecule has 0 aromatic rings. The van der Waals surface area contributed by atoms with Crippen molar-refractivity contribution in [3.8, 4) is 0 Å². The van der Waals surface area contributed by atoms with Crippen molar-refractivity contribution in [2.75, 3.05) is 13.2 Å². The minimum atomic E-state index is 0.152. The number of nitrogens with two attached hydrogens (primary N) is 1. The van der Waals surface area contributed by atoms with Gasteiger partial charge in [-0.05, 0) is 44.6 Å². The third-order valence-corrected chi connectivity index (χ3v) is 3.95. The van der Waals surface area contributed by atoms with Crippen LogP contribution in [-0.2, 0) is 9.53 Å². The fraction of sp³-hybridized carbons (Fsp3) is 0.929. The number of rotatable bonds is 7. The molecule has 0 saturated carbocycles. The lowest BCUT2D eigenvalue weighted by molar-refractivity contribution is -0.122. The minimum absolute atomic E-state index is 0.152. The Bertz CT molecular complexity index is 256. The Balaban J connectivity index is 2.26. The van der Waals surface area contributed by atoms with Gasteiger partial charge in [-0.3, -0.25) is 4.79 Å². The van der Waals surface area contributed by atoms with Crippen LogP contribution in [0.15, 0.2) is 0 Å². The number of hydrogen-bond acceptors (Lipinski definition) is 3. The van der Waals surface area contributed by atoms with Gasteiger partial charge in [0.1, 0.15) is 0 Å². The lowest BCUT2D eigenvalue weighted by Crippen LogP contribution is -2.39. The van der Waals surface area contributed by atoms with Crippen molar-refractivity contribution in [3.05, 3.63) is 0 Å². The minimum Gasteiger partial charge on any atom is -0.376 e. The Kier molecular flexibility index (Phi) is 6.65. The van der Waals surface area contributed by atoms with Gasteiger partial charge in [0, 0.05) is 13.0 Å². The first-order valence-electron chi connectivity index (χ1n) is 7.15. The van der Waals surface area contributed by atoms with Crippen molar-refractivity contribution >= 4 is 5.91 Å². The normalized spacial score (nSPS) is 25.4. The zero-order valence-electron chi connectivity index (χ0n) is 11.9. The van der Waals surface area contributed by atoms with Crippen LogP contribution < -0.4 is 11.1 Å². The van der Waals surface area contributed by atoms with Gasteiger partial charge >= 0.3 is 0 Å². The summed E-state index contributed by atoms with van der Waals surface area (Å²) in [5.41, 5.74) is 5.61. The highest BCUT2D eigenvalue weighted by molar-refractivity contribution is 5.76. The number of ether oxygens (including phenoxy) is 1. The van der Waals surface area contributed by atoms with Gasteiger partial charge in [-0.25, -0.2) is 0 Å². The van der Waals surface area contributed by atoms with Crippen molar-refractivity contribution in [1.29, 1.82) is 0 Å². The predicted octanol–water partition coefficient (Wildman–Crippen LogP) is 1.68. The third kappa shape index (κ3) is 4.94. The highest BCUT2D eigenvalue weighted by atomic mass is 16.5. The van der Waals surface area contributed by atoms with Crippen LogP contribution in [0, 0.1) is 11.8 Å². The molecule has 1 aliphatic rings. The maximum atomic E-state index is 11.9. The second kappa shape index (κ2) is 7.74. The van der Waals surface area contributed by atoms with E-state index < -0.39 is 0 Å². The van der Waals surface area contributed by atoms with E-state index >= 15 is 0 Å². The SMILES string of the molecule is CC(C)C(CCN)CCC(=O)NC1CCOC1C. The summed E-state index contributed by atoms with van der Waals surface area (Å²) in [5.74, 6) is 1.30. The second-order valence-electron chi connectivity index (χ2n) is 5.66. The van der Waals surface area contributed by atoms with Gasteiger partial charge in [-0.2, -0.15) is 0 Å². The molecule has 3 N–H and O–H groups in total. The van der Waals surface area contributed by atoms with Crippen LogP contribution in [0.5, 0.6) is 0 Å². The van der Waals surface area contributed by atoms with Crippen molar-refractivity contribution < 1.29 is 9.53 Å². The lowest BCUT2D eigenvalue weighted by atomic mass is 9.88. The molecular formula is C14H28N2O2. The summed E-state index contributed by atoms with van der Waals surface area (Å²) >= 11 is 0. The summed E-state index contributed by atoms with van der Waals surface area (Å²) in [5, 5.41) is 3.07. The van der Waals surface area contributed by atoms with Gasteiger partial charge in [0.25, 0.3) is 0 Å². The van der Waals surface area contributed by atoms with E-state index in [1.165, 1.54) is 0 Å². The van der Waals surface area contributed by atoms with Gasteiger partial charge in [0.05, 0.1) is 12.1 Å². The van der Waals surface area contributed by atoms with Crippen molar-refractivity contribution in [2.45, 2.75) is 58.6 Å². The van der Waals surface area contributed by atoms with Gasteiger partial charge in [0.15, 0.2) is 0 Å². The van der Waals surface area contributed by atoms with E-state index in [1.54, 1.807) is 0 Å².